The van der Waals surface area contributed by atoms with Crippen LogP contribution in [0, 0.1) is 0 Å². The van der Waals surface area contributed by atoms with Crippen molar-refractivity contribution in [2.24, 2.45) is 0 Å². The molecule has 0 atom stereocenters. The lowest BCUT2D eigenvalue weighted by Gasteiger charge is -2.19. The Kier molecular flexibility index (Phi) is 4.22. The maximum absolute atomic E-state index is 5.06. The molecule has 6 heteroatoms. The van der Waals surface area contributed by atoms with Crippen LogP contribution in [0.5, 0.6) is 0 Å². The summed E-state index contributed by atoms with van der Waals surface area (Å²) in [4.78, 5) is 9.10. The van der Waals surface area contributed by atoms with Gasteiger partial charge in [0.15, 0.2) is 5.76 Å². The molecule has 2 heterocycles. The molecule has 0 aliphatic heterocycles. The molecular weight excluding hydrogens is 254 g/mol. The van der Waals surface area contributed by atoms with Gasteiger partial charge in [-0.3, -0.25) is 0 Å². The minimum Gasteiger partial charge on any atom is -0.370 e. The van der Waals surface area contributed by atoms with Crippen LogP contribution in [0.25, 0.3) is 0 Å². The SMILES string of the molecule is CCNc1cc(NCc2ccno2)nc(C(C)(C)C)n1. The van der Waals surface area contributed by atoms with Crippen molar-refractivity contribution in [1.82, 2.24) is 15.1 Å². The normalized spacial score (nSPS) is 11.4. The Morgan fingerprint density at radius 3 is 2.40 bits per heavy atom. The summed E-state index contributed by atoms with van der Waals surface area (Å²) in [6.45, 7) is 9.70. The molecule has 0 amide bonds. The highest BCUT2D eigenvalue weighted by molar-refractivity contribution is 5.48. The number of nitrogens with zero attached hydrogens (tertiary/aromatic N) is 3. The van der Waals surface area contributed by atoms with Crippen molar-refractivity contribution in [1.29, 1.82) is 0 Å². The summed E-state index contributed by atoms with van der Waals surface area (Å²) in [6.07, 6.45) is 1.63. The van der Waals surface area contributed by atoms with Gasteiger partial charge in [-0.1, -0.05) is 25.9 Å². The van der Waals surface area contributed by atoms with Crippen molar-refractivity contribution < 1.29 is 4.52 Å². The summed E-state index contributed by atoms with van der Waals surface area (Å²) in [5.41, 5.74) is -0.103. The molecule has 0 unspecified atom stereocenters. The molecule has 0 saturated heterocycles. The van der Waals surface area contributed by atoms with Crippen molar-refractivity contribution in [2.75, 3.05) is 17.2 Å². The Hall–Kier alpha value is -2.11. The Balaban J connectivity index is 2.20. The Bertz CT molecular complexity index is 545. The van der Waals surface area contributed by atoms with Gasteiger partial charge < -0.3 is 15.2 Å². The Labute approximate surface area is 119 Å². The van der Waals surface area contributed by atoms with Gasteiger partial charge in [0.1, 0.15) is 17.5 Å². The van der Waals surface area contributed by atoms with Crippen LogP contribution in [0.4, 0.5) is 11.6 Å². The molecule has 2 aromatic rings. The molecule has 20 heavy (non-hydrogen) atoms. The van der Waals surface area contributed by atoms with Crippen molar-refractivity contribution in [3.05, 3.63) is 29.9 Å². The summed E-state index contributed by atoms with van der Waals surface area (Å²) < 4.78 is 5.06. The number of nitrogens with one attached hydrogen (secondary N) is 2. The van der Waals surface area contributed by atoms with E-state index in [-0.39, 0.29) is 5.41 Å². The zero-order chi connectivity index (χ0) is 14.6. The van der Waals surface area contributed by atoms with E-state index in [0.29, 0.717) is 6.54 Å². The second-order valence-electron chi connectivity index (χ2n) is 5.57. The molecule has 0 aliphatic carbocycles. The van der Waals surface area contributed by atoms with Gasteiger partial charge in [-0.25, -0.2) is 9.97 Å². The number of aromatic nitrogens is 3. The first kappa shape index (κ1) is 14.3. The van der Waals surface area contributed by atoms with E-state index in [4.69, 9.17) is 4.52 Å². The summed E-state index contributed by atoms with van der Waals surface area (Å²) in [6, 6.07) is 3.72. The molecule has 0 aliphatic rings. The third-order valence-corrected chi connectivity index (χ3v) is 2.69. The fourth-order valence-corrected chi connectivity index (χ4v) is 1.66. The van der Waals surface area contributed by atoms with E-state index >= 15 is 0 Å². The summed E-state index contributed by atoms with van der Waals surface area (Å²) in [5.74, 6) is 3.17. The number of hydrogen-bond acceptors (Lipinski definition) is 6. The second-order valence-corrected chi connectivity index (χ2v) is 5.57. The van der Waals surface area contributed by atoms with E-state index in [0.717, 1.165) is 29.8 Å². The molecule has 2 rings (SSSR count). The molecule has 0 saturated carbocycles. The number of rotatable bonds is 5. The average molecular weight is 275 g/mol. The Morgan fingerprint density at radius 1 is 1.15 bits per heavy atom. The first-order valence-corrected chi connectivity index (χ1v) is 6.76. The molecule has 0 spiro atoms. The first-order chi connectivity index (χ1) is 9.49. The third kappa shape index (κ3) is 3.69. The fourth-order valence-electron chi connectivity index (χ4n) is 1.66. The van der Waals surface area contributed by atoms with Crippen LogP contribution in [0.1, 0.15) is 39.3 Å². The molecule has 6 nitrogen and oxygen atoms in total. The van der Waals surface area contributed by atoms with Gasteiger partial charge in [-0.05, 0) is 6.92 Å². The predicted molar refractivity (Wildman–Crippen MR) is 78.7 cm³/mol. The van der Waals surface area contributed by atoms with E-state index in [1.807, 2.05) is 19.1 Å². The lowest BCUT2D eigenvalue weighted by Crippen LogP contribution is -2.18. The van der Waals surface area contributed by atoms with Crippen molar-refractivity contribution in [2.45, 2.75) is 39.7 Å². The van der Waals surface area contributed by atoms with E-state index < -0.39 is 0 Å². The van der Waals surface area contributed by atoms with E-state index in [1.54, 1.807) is 6.20 Å². The molecule has 0 aromatic carbocycles. The molecule has 0 bridgehead atoms. The summed E-state index contributed by atoms with van der Waals surface area (Å²) in [7, 11) is 0. The summed E-state index contributed by atoms with van der Waals surface area (Å²) >= 11 is 0. The van der Waals surface area contributed by atoms with Gasteiger partial charge in [0.2, 0.25) is 0 Å². The average Bonchev–Trinajstić information content (AvgIpc) is 2.88. The summed E-state index contributed by atoms with van der Waals surface area (Å²) in [5, 5.41) is 10.1. The zero-order valence-electron chi connectivity index (χ0n) is 12.4. The van der Waals surface area contributed by atoms with Crippen LogP contribution in [-0.4, -0.2) is 21.7 Å². The van der Waals surface area contributed by atoms with Crippen LogP contribution in [0.2, 0.25) is 0 Å². The van der Waals surface area contributed by atoms with Gasteiger partial charge in [-0.2, -0.15) is 0 Å². The number of anilines is 2. The van der Waals surface area contributed by atoms with E-state index in [2.05, 4.69) is 46.5 Å². The smallest absolute Gasteiger partial charge is 0.155 e. The quantitative estimate of drug-likeness (QED) is 0.874. The van der Waals surface area contributed by atoms with Crippen LogP contribution in [0.3, 0.4) is 0 Å². The zero-order valence-corrected chi connectivity index (χ0v) is 12.4. The molecule has 2 aromatic heterocycles. The highest BCUT2D eigenvalue weighted by Crippen LogP contribution is 2.22. The van der Waals surface area contributed by atoms with Crippen molar-refractivity contribution in [3.8, 4) is 0 Å². The molecular formula is C14H21N5O. The predicted octanol–water partition coefficient (Wildman–Crippen LogP) is 2.81. The van der Waals surface area contributed by atoms with Gasteiger partial charge in [0.05, 0.1) is 12.7 Å². The monoisotopic (exact) mass is 275 g/mol. The van der Waals surface area contributed by atoms with E-state index in [1.165, 1.54) is 0 Å². The topological polar surface area (TPSA) is 75.9 Å². The van der Waals surface area contributed by atoms with Gasteiger partial charge >= 0.3 is 0 Å². The minimum absolute atomic E-state index is 0.103. The lowest BCUT2D eigenvalue weighted by atomic mass is 9.96. The van der Waals surface area contributed by atoms with Crippen molar-refractivity contribution in [3.63, 3.8) is 0 Å². The minimum atomic E-state index is -0.103. The standard InChI is InChI=1S/C14H21N5O/c1-5-15-11-8-12(16-9-10-6-7-17-20-10)19-13(18-11)14(2,3)4/h6-8H,5,9H2,1-4H3,(H2,15,16,18,19). The van der Waals surface area contributed by atoms with Crippen LogP contribution < -0.4 is 10.6 Å². The van der Waals surface area contributed by atoms with Crippen LogP contribution >= 0.6 is 0 Å². The van der Waals surface area contributed by atoms with Crippen LogP contribution in [-0.2, 0) is 12.0 Å². The first-order valence-electron chi connectivity index (χ1n) is 6.76. The fraction of sp³-hybridized carbons (Fsp3) is 0.500. The molecule has 2 N–H and O–H groups in total. The van der Waals surface area contributed by atoms with Gasteiger partial charge in [0.25, 0.3) is 0 Å². The van der Waals surface area contributed by atoms with Crippen LogP contribution in [0.15, 0.2) is 22.9 Å². The Morgan fingerprint density at radius 2 is 1.85 bits per heavy atom. The third-order valence-electron chi connectivity index (χ3n) is 2.69. The molecule has 0 fully saturated rings. The maximum atomic E-state index is 5.06. The maximum Gasteiger partial charge on any atom is 0.155 e. The second kappa shape index (κ2) is 5.90. The molecule has 0 radical (unpaired) electrons. The van der Waals surface area contributed by atoms with Gasteiger partial charge in [-0.15, -0.1) is 0 Å². The number of hydrogen-bond donors (Lipinski definition) is 2. The van der Waals surface area contributed by atoms with Gasteiger partial charge in [0, 0.05) is 24.1 Å². The lowest BCUT2D eigenvalue weighted by molar-refractivity contribution is 0.388. The molecule has 108 valence electrons. The highest BCUT2D eigenvalue weighted by Gasteiger charge is 2.19. The largest absolute Gasteiger partial charge is 0.370 e. The van der Waals surface area contributed by atoms with Crippen molar-refractivity contribution >= 4 is 11.6 Å². The highest BCUT2D eigenvalue weighted by atomic mass is 16.5. The van der Waals surface area contributed by atoms with E-state index in [9.17, 15) is 0 Å².